The molecule has 0 aliphatic heterocycles. The van der Waals surface area contributed by atoms with E-state index in [9.17, 15) is 27.1 Å². The first-order valence-corrected chi connectivity index (χ1v) is 13.7. The lowest BCUT2D eigenvalue weighted by molar-refractivity contribution is -0.102. The van der Waals surface area contributed by atoms with E-state index in [1.807, 2.05) is 0 Å². The van der Waals surface area contributed by atoms with Gasteiger partial charge in [-0.3, -0.25) is 0 Å². The van der Waals surface area contributed by atoms with Gasteiger partial charge in [-0.25, -0.2) is 22.0 Å². The molecule has 6 heteroatoms. The molecule has 35 heavy (non-hydrogen) atoms. The third-order valence-electron chi connectivity index (χ3n) is 7.69. The third-order valence-corrected chi connectivity index (χ3v) is 7.69. The maximum Gasteiger partial charge on any atom is 0.200 e. The van der Waals surface area contributed by atoms with Gasteiger partial charge in [0.25, 0.3) is 0 Å². The average Bonchev–Trinajstić information content (AvgIpc) is 2.82. The largest absolute Gasteiger partial charge is 0.389 e. The van der Waals surface area contributed by atoms with Crippen LogP contribution in [0.4, 0.5) is 22.0 Å². The van der Waals surface area contributed by atoms with Crippen molar-refractivity contribution >= 4 is 0 Å². The smallest absolute Gasteiger partial charge is 0.200 e. The topological polar surface area (TPSA) is 20.2 Å². The van der Waals surface area contributed by atoms with Gasteiger partial charge in [-0.15, -0.1) is 0 Å². The van der Waals surface area contributed by atoms with E-state index in [0.717, 1.165) is 38.5 Å². The Morgan fingerprint density at radius 3 is 1.37 bits per heavy atom. The third kappa shape index (κ3) is 9.02. The lowest BCUT2D eigenvalue weighted by Gasteiger charge is -2.43. The molecule has 1 nitrogen and oxygen atoms in total. The second kappa shape index (κ2) is 15.8. The van der Waals surface area contributed by atoms with E-state index in [-0.39, 0.29) is 24.2 Å². The second-order valence-electron chi connectivity index (χ2n) is 10.8. The molecule has 0 heterocycles. The zero-order valence-corrected chi connectivity index (χ0v) is 22.5. The second-order valence-corrected chi connectivity index (χ2v) is 10.8. The minimum atomic E-state index is -2.11. The van der Waals surface area contributed by atoms with E-state index in [1.165, 1.54) is 32.1 Å². The summed E-state index contributed by atoms with van der Waals surface area (Å²) in [6.45, 7) is 10.6. The summed E-state index contributed by atoms with van der Waals surface area (Å²) in [7, 11) is 0. The van der Waals surface area contributed by atoms with Crippen LogP contribution in [0.5, 0.6) is 0 Å². The Kier molecular flexibility index (Phi) is 14.4. The Balaban J connectivity index is 2.54. The molecule has 1 unspecified atom stereocenters. The quantitative estimate of drug-likeness (QED) is 0.0909. The summed E-state index contributed by atoms with van der Waals surface area (Å²) in [5.41, 5.74) is -1.44. The Bertz CT molecular complexity index is 710. The predicted octanol–water partition coefficient (Wildman–Crippen LogP) is 9.68. The highest BCUT2D eigenvalue weighted by Gasteiger charge is 2.41. The fraction of sp³-hybridized carbons (Fsp3) is 0.793. The first-order chi connectivity index (χ1) is 16.5. The molecule has 0 radical (unpaired) electrons. The Morgan fingerprint density at radius 1 is 0.571 bits per heavy atom. The first kappa shape index (κ1) is 31.9. The van der Waals surface area contributed by atoms with Crippen LogP contribution in [0.3, 0.4) is 0 Å². The zero-order chi connectivity index (χ0) is 26.6. The zero-order valence-electron chi connectivity index (χ0n) is 22.5. The minimum absolute atomic E-state index is 0.161. The van der Waals surface area contributed by atoms with E-state index in [2.05, 4.69) is 34.6 Å². The van der Waals surface area contributed by atoms with E-state index in [0.29, 0.717) is 12.8 Å². The van der Waals surface area contributed by atoms with Crippen LogP contribution in [0.2, 0.25) is 0 Å². The number of rotatable bonds is 18. The van der Waals surface area contributed by atoms with E-state index in [1.54, 1.807) is 0 Å². The molecule has 0 spiro atoms. The molecule has 0 fully saturated rings. The summed E-state index contributed by atoms with van der Waals surface area (Å²) in [5, 5.41) is 11.6. The summed E-state index contributed by atoms with van der Waals surface area (Å²) in [6, 6.07) is 0. The van der Waals surface area contributed by atoms with E-state index >= 15 is 0 Å². The van der Waals surface area contributed by atoms with Crippen LogP contribution in [0.25, 0.3) is 0 Å². The maximum atomic E-state index is 13.8. The van der Waals surface area contributed by atoms with E-state index < -0.39 is 40.3 Å². The van der Waals surface area contributed by atoms with Crippen molar-refractivity contribution in [3.8, 4) is 0 Å². The van der Waals surface area contributed by atoms with Gasteiger partial charge in [0.05, 0.1) is 5.60 Å². The van der Waals surface area contributed by atoms with Gasteiger partial charge in [0, 0.05) is 5.56 Å². The molecule has 1 aromatic carbocycles. The van der Waals surface area contributed by atoms with Crippen LogP contribution < -0.4 is 0 Å². The lowest BCUT2D eigenvalue weighted by Crippen LogP contribution is -2.47. The molecular formula is C29H47F5O. The Morgan fingerprint density at radius 2 is 0.943 bits per heavy atom. The number of unbranched alkanes of at least 4 members (excludes halogenated alkanes) is 9. The van der Waals surface area contributed by atoms with Crippen LogP contribution in [0.15, 0.2) is 0 Å². The van der Waals surface area contributed by atoms with Crippen molar-refractivity contribution in [3.05, 3.63) is 34.6 Å². The van der Waals surface area contributed by atoms with Gasteiger partial charge in [0.2, 0.25) is 5.82 Å². The van der Waals surface area contributed by atoms with Crippen LogP contribution >= 0.6 is 0 Å². The summed E-state index contributed by atoms with van der Waals surface area (Å²) >= 11 is 0. The van der Waals surface area contributed by atoms with Crippen LogP contribution in [-0.4, -0.2) is 10.7 Å². The highest BCUT2D eigenvalue weighted by molar-refractivity contribution is 5.24. The van der Waals surface area contributed by atoms with Crippen molar-refractivity contribution in [2.75, 3.05) is 0 Å². The van der Waals surface area contributed by atoms with Crippen molar-refractivity contribution in [2.45, 2.75) is 130 Å². The van der Waals surface area contributed by atoms with Crippen molar-refractivity contribution in [2.24, 2.45) is 17.8 Å². The van der Waals surface area contributed by atoms with Crippen LogP contribution in [0.1, 0.15) is 124 Å². The molecule has 1 aromatic rings. The lowest BCUT2D eigenvalue weighted by atomic mass is 9.68. The molecule has 0 amide bonds. The number of aliphatic hydroxyl groups is 1. The fourth-order valence-corrected chi connectivity index (χ4v) is 5.48. The van der Waals surface area contributed by atoms with Crippen molar-refractivity contribution < 1.29 is 27.1 Å². The van der Waals surface area contributed by atoms with Gasteiger partial charge in [0.1, 0.15) is 0 Å². The Hall–Kier alpha value is -1.17. The normalized spacial score (nSPS) is 13.3. The van der Waals surface area contributed by atoms with Gasteiger partial charge in [-0.05, 0) is 43.4 Å². The van der Waals surface area contributed by atoms with Crippen molar-refractivity contribution in [3.63, 3.8) is 0 Å². The highest BCUT2D eigenvalue weighted by Crippen LogP contribution is 2.39. The SMILES string of the molecule is CCCCCCCCC(CCCCCCCc1c(F)c(F)c(F)c(F)c1F)C(O)(C(C)C)C(C)C. The number of benzene rings is 1. The van der Waals surface area contributed by atoms with Gasteiger partial charge in [0.15, 0.2) is 23.3 Å². The van der Waals surface area contributed by atoms with Gasteiger partial charge >= 0.3 is 0 Å². The average molecular weight is 507 g/mol. The standard InChI is InChI=1S/C29H47F5O/c1-6-7-8-9-11-14-17-22(29(35,20(2)3)21(4)5)18-15-12-10-13-16-19-23-24(30)26(32)28(34)27(33)25(23)31/h20-22,35H,6-19H2,1-5H3. The van der Waals surface area contributed by atoms with Gasteiger partial charge < -0.3 is 5.11 Å². The summed E-state index contributed by atoms with van der Waals surface area (Å²) < 4.78 is 67.5. The van der Waals surface area contributed by atoms with Crippen LogP contribution in [0, 0.1) is 46.8 Å². The molecule has 1 N–H and O–H groups in total. The first-order valence-electron chi connectivity index (χ1n) is 13.7. The summed E-state index contributed by atoms with van der Waals surface area (Å²) in [5.74, 6) is -8.76. The number of halogens is 5. The molecule has 0 aromatic heterocycles. The molecule has 1 rings (SSSR count). The molecule has 0 saturated carbocycles. The van der Waals surface area contributed by atoms with E-state index in [4.69, 9.17) is 0 Å². The Labute approximate surface area is 209 Å². The molecule has 0 saturated heterocycles. The van der Waals surface area contributed by atoms with Crippen LogP contribution in [-0.2, 0) is 6.42 Å². The minimum Gasteiger partial charge on any atom is -0.389 e. The molecular weight excluding hydrogens is 459 g/mol. The molecule has 1 atom stereocenters. The highest BCUT2D eigenvalue weighted by atomic mass is 19.2. The summed E-state index contributed by atoms with van der Waals surface area (Å²) in [6.07, 6.45) is 12.8. The predicted molar refractivity (Wildman–Crippen MR) is 134 cm³/mol. The van der Waals surface area contributed by atoms with Crippen molar-refractivity contribution in [1.82, 2.24) is 0 Å². The van der Waals surface area contributed by atoms with Gasteiger partial charge in [-0.2, -0.15) is 0 Å². The molecule has 204 valence electrons. The molecule has 0 aliphatic carbocycles. The fourth-order valence-electron chi connectivity index (χ4n) is 5.48. The molecule has 0 bridgehead atoms. The molecule has 0 aliphatic rings. The maximum absolute atomic E-state index is 13.8. The van der Waals surface area contributed by atoms with Gasteiger partial charge in [-0.1, -0.05) is 98.8 Å². The number of hydrogen-bond acceptors (Lipinski definition) is 1. The monoisotopic (exact) mass is 506 g/mol. The number of hydrogen-bond donors (Lipinski definition) is 1. The van der Waals surface area contributed by atoms with Crippen molar-refractivity contribution in [1.29, 1.82) is 0 Å². The summed E-state index contributed by atoms with van der Waals surface area (Å²) in [4.78, 5) is 0.